The predicted molar refractivity (Wildman–Crippen MR) is 56.6 cm³/mol. The van der Waals surface area contributed by atoms with E-state index in [-0.39, 0.29) is 45.6 Å². The third kappa shape index (κ3) is 7.29. The van der Waals surface area contributed by atoms with Crippen LogP contribution in [0.1, 0.15) is 19.8 Å². The first-order chi connectivity index (χ1) is 7.92. The van der Waals surface area contributed by atoms with E-state index in [0.717, 1.165) is 0 Å². The number of hydroxylamine groups is 2. The number of carbonyl (C=O) groups is 3. The van der Waals surface area contributed by atoms with Crippen molar-refractivity contribution in [2.24, 2.45) is 0 Å². The molecule has 3 amide bonds. The van der Waals surface area contributed by atoms with Crippen molar-refractivity contribution in [3.63, 3.8) is 0 Å². The van der Waals surface area contributed by atoms with Crippen LogP contribution in [0.4, 0.5) is 4.79 Å². The average molecular weight is 329 g/mol. The minimum Gasteiger partial charge on any atom is -0.471 e. The van der Waals surface area contributed by atoms with Crippen LogP contribution in [0.25, 0.3) is 0 Å². The second-order valence-electron chi connectivity index (χ2n) is 3.02. The Hall–Kier alpha value is -1.08. The number of carbonyl (C=O) groups excluding carboxylic acids is 4. The fraction of sp³-hybridized carbons (Fsp3) is 0.300. The Morgan fingerprint density at radius 2 is 1.83 bits per heavy atom. The predicted octanol–water partition coefficient (Wildman–Crippen LogP) is 0.238. The van der Waals surface area contributed by atoms with E-state index in [1.807, 2.05) is 5.32 Å². The van der Waals surface area contributed by atoms with E-state index >= 15 is 0 Å². The molecule has 0 aromatic rings. The Labute approximate surface area is 130 Å². The number of nitrogens with zero attached hydrogens (tertiary/aromatic N) is 1. The van der Waals surface area contributed by atoms with Gasteiger partial charge in [-0.25, -0.2) is 11.4 Å². The Bertz CT molecular complexity index is 340. The third-order valence-electron chi connectivity index (χ3n) is 1.50. The summed E-state index contributed by atoms with van der Waals surface area (Å²) in [5.74, 6) is -1.02. The second kappa shape index (κ2) is 9.90. The molecule has 0 spiro atoms. The van der Waals surface area contributed by atoms with Crippen molar-refractivity contribution in [3.05, 3.63) is 19.2 Å². The monoisotopic (exact) mass is 329 g/mol. The van der Waals surface area contributed by atoms with Crippen LogP contribution >= 0.6 is 0 Å². The van der Waals surface area contributed by atoms with Gasteiger partial charge in [0, 0.05) is 45.6 Å². The molecule has 0 aromatic heterocycles. The fourth-order valence-electron chi connectivity index (χ4n) is 0.773. The largest absolute Gasteiger partial charge is 0.471 e. The summed E-state index contributed by atoms with van der Waals surface area (Å²) in [4.78, 5) is 45.7. The Kier molecular flexibility index (Phi) is 10.6. The van der Waals surface area contributed by atoms with Gasteiger partial charge in [0.25, 0.3) is 11.8 Å². The van der Waals surface area contributed by atoms with Gasteiger partial charge in [-0.2, -0.15) is 5.57 Å². The molecule has 1 heterocycles. The third-order valence-corrected chi connectivity index (χ3v) is 1.50. The molecular weight excluding hydrogens is 317 g/mol. The normalized spacial score (nSPS) is 12.9. The van der Waals surface area contributed by atoms with Crippen molar-refractivity contribution in [1.82, 2.24) is 10.4 Å². The number of hydrogen-bond acceptors (Lipinski definition) is 5. The van der Waals surface area contributed by atoms with E-state index in [9.17, 15) is 19.2 Å². The Morgan fingerprint density at radius 3 is 2.11 bits per heavy atom. The van der Waals surface area contributed by atoms with Crippen molar-refractivity contribution in [3.8, 4) is 0 Å². The fourth-order valence-corrected chi connectivity index (χ4v) is 0.773. The summed E-state index contributed by atoms with van der Waals surface area (Å²) in [5.41, 5.74) is 0.449. The van der Waals surface area contributed by atoms with Gasteiger partial charge in [-0.1, -0.05) is 6.92 Å². The van der Waals surface area contributed by atoms with Gasteiger partial charge in [0.2, 0.25) is 0 Å². The summed E-state index contributed by atoms with van der Waals surface area (Å²) in [6.07, 6.45) is 0.825. The van der Waals surface area contributed by atoms with Gasteiger partial charge >= 0.3 is 6.09 Å². The molecule has 1 aliphatic heterocycles. The maximum absolute atomic E-state index is 10.8. The molecule has 0 aromatic carbocycles. The van der Waals surface area contributed by atoms with Crippen LogP contribution in [-0.4, -0.2) is 29.3 Å². The van der Waals surface area contributed by atoms with Gasteiger partial charge in [-0.15, -0.1) is 5.06 Å². The zero-order chi connectivity index (χ0) is 13.4. The number of nitrogens with one attached hydrogen (secondary N) is 1. The van der Waals surface area contributed by atoms with Crippen LogP contribution in [0.15, 0.2) is 12.2 Å². The summed E-state index contributed by atoms with van der Waals surface area (Å²) in [5, 5.41) is 2.32. The van der Waals surface area contributed by atoms with E-state index in [4.69, 9.17) is 0 Å². The van der Waals surface area contributed by atoms with Gasteiger partial charge in [0.15, 0.2) is 0 Å². The van der Waals surface area contributed by atoms with Crippen molar-refractivity contribution >= 4 is 24.2 Å². The molecule has 1 rings (SSSR count). The van der Waals surface area contributed by atoms with E-state index in [2.05, 4.69) is 18.5 Å². The van der Waals surface area contributed by atoms with Gasteiger partial charge in [-0.05, 0) is 6.29 Å². The molecule has 1 fully saturated rings. The summed E-state index contributed by atoms with van der Waals surface area (Å²) in [7, 11) is 3.00. The van der Waals surface area contributed by atoms with Crippen LogP contribution in [0, 0.1) is 7.05 Å². The number of allylic oxidation sites excluding steroid dienone is 1. The average Bonchev–Trinajstić information content (AvgIpc) is 2.61. The van der Waals surface area contributed by atoms with Crippen molar-refractivity contribution in [2.45, 2.75) is 19.8 Å². The van der Waals surface area contributed by atoms with E-state index in [1.54, 1.807) is 13.2 Å². The summed E-state index contributed by atoms with van der Waals surface area (Å²) < 4.78 is 0. The van der Waals surface area contributed by atoms with Crippen LogP contribution in [0.2, 0.25) is 0 Å². The minimum atomic E-state index is -0.932. The second-order valence-corrected chi connectivity index (χ2v) is 3.02. The van der Waals surface area contributed by atoms with Gasteiger partial charge in [-0.3, -0.25) is 16.6 Å². The van der Waals surface area contributed by atoms with Crippen LogP contribution in [0.5, 0.6) is 0 Å². The van der Waals surface area contributed by atoms with Crippen LogP contribution in [0.3, 0.4) is 0 Å². The van der Waals surface area contributed by atoms with Crippen LogP contribution < -0.4 is 5.32 Å². The first-order valence-electron chi connectivity index (χ1n) is 4.56. The van der Waals surface area contributed by atoms with Crippen molar-refractivity contribution in [2.75, 3.05) is 0 Å². The molecule has 1 aliphatic rings. The zero-order valence-corrected chi connectivity index (χ0v) is 12.7. The van der Waals surface area contributed by atoms with E-state index in [1.165, 1.54) is 0 Å². The number of imide groups is 1. The minimum absolute atomic E-state index is 0. The van der Waals surface area contributed by atoms with Crippen LogP contribution in [-0.2, 0) is 51.9 Å². The number of hydrogen-bond donors (Lipinski definition) is 1. The van der Waals surface area contributed by atoms with Crippen molar-refractivity contribution in [1.29, 1.82) is 0 Å². The van der Waals surface area contributed by atoms with Crippen molar-refractivity contribution < 1.29 is 56.7 Å². The summed E-state index contributed by atoms with van der Waals surface area (Å²) in [6.45, 7) is 4.85. The first kappa shape index (κ1) is 19.3. The smallest absolute Gasteiger partial charge is 0.402 e. The van der Waals surface area contributed by atoms with Gasteiger partial charge in [0.1, 0.15) is 0 Å². The van der Waals surface area contributed by atoms with E-state index in [0.29, 0.717) is 10.6 Å². The molecule has 18 heavy (non-hydrogen) atoms. The molecule has 0 bridgehead atoms. The number of rotatable bonds is 2. The Morgan fingerprint density at radius 1 is 1.44 bits per heavy atom. The van der Waals surface area contributed by atoms with Gasteiger partial charge in [0.05, 0.1) is 0 Å². The summed E-state index contributed by atoms with van der Waals surface area (Å²) >= 11 is 0. The molecular formula is C10H12N2O5Y-2. The topological polar surface area (TPSA) is 92.8 Å². The molecule has 1 N–H and O–H groups in total. The molecule has 8 heteroatoms. The molecule has 0 atom stereocenters. The molecule has 97 valence electrons. The molecule has 0 aliphatic carbocycles. The van der Waals surface area contributed by atoms with E-state index < -0.39 is 17.9 Å². The zero-order valence-electron chi connectivity index (χ0n) is 9.89. The van der Waals surface area contributed by atoms with Gasteiger partial charge < -0.3 is 14.9 Å². The first-order valence-corrected chi connectivity index (χ1v) is 4.56. The molecule has 7 nitrogen and oxygen atoms in total. The molecule has 1 radical (unpaired) electrons. The molecule has 0 saturated carbocycles. The molecule has 1 saturated heterocycles. The SMILES string of the molecule is C=C(C)[C-]=O.[CH2-]NC(=O)ON1C(=O)CCC1=O.[Y]. The maximum atomic E-state index is 10.8. The Balaban J connectivity index is 0. The summed E-state index contributed by atoms with van der Waals surface area (Å²) in [6, 6.07) is 0. The number of amides is 3. The molecule has 0 unspecified atom stereocenters. The maximum Gasteiger partial charge on any atom is 0.402 e. The quantitative estimate of drug-likeness (QED) is 0.445. The standard InChI is InChI=1S/C6H7N2O4.C4H5O.Y/c1-7-6(11)12-8-4(9)2-3-5(8)10;1-4(2)3-5;/h1-3H2,(H,7,11);1H2,2H3;/q2*-1;.